The molecule has 0 amide bonds. The highest BCUT2D eigenvalue weighted by Gasteiger charge is 2.30. The van der Waals surface area contributed by atoms with Gasteiger partial charge in [-0.15, -0.1) is 0 Å². The Morgan fingerprint density at radius 1 is 1.31 bits per heavy atom. The van der Waals surface area contributed by atoms with E-state index in [0.717, 1.165) is 38.0 Å². The smallest absolute Gasteiger partial charge is 0.210 e. The van der Waals surface area contributed by atoms with Crippen molar-refractivity contribution in [2.24, 2.45) is 17.0 Å². The second kappa shape index (κ2) is 5.00. The van der Waals surface area contributed by atoms with Crippen molar-refractivity contribution >= 4 is 10.0 Å². The second-order valence-electron chi connectivity index (χ2n) is 4.99. The number of piperidine rings is 1. The summed E-state index contributed by atoms with van der Waals surface area (Å²) in [6, 6.07) is 0. The summed E-state index contributed by atoms with van der Waals surface area (Å²) >= 11 is 0. The minimum Gasteiger partial charge on any atom is -0.316 e. The summed E-state index contributed by atoms with van der Waals surface area (Å²) in [5.74, 6) is 1.63. The number of hydrogen-bond donors (Lipinski definition) is 2. The summed E-state index contributed by atoms with van der Waals surface area (Å²) in [6.07, 6.45) is 2.48. The molecule has 0 spiro atoms. The first-order chi connectivity index (χ1) is 7.54. The number of nitrogens with one attached hydrogen (secondary N) is 1. The molecule has 2 aliphatic heterocycles. The topological polar surface area (TPSA) is 75.4 Å². The number of nitrogens with zero attached hydrogens (tertiary/aromatic N) is 1. The zero-order valence-electron chi connectivity index (χ0n) is 9.56. The molecule has 0 aromatic heterocycles. The summed E-state index contributed by atoms with van der Waals surface area (Å²) in [5.41, 5.74) is 0. The second-order valence-corrected chi connectivity index (χ2v) is 6.72. The molecule has 2 saturated heterocycles. The number of primary sulfonamides is 1. The van der Waals surface area contributed by atoms with Crippen LogP contribution < -0.4 is 10.5 Å². The molecule has 0 aromatic rings. The Hall–Kier alpha value is -0.170. The predicted octanol–water partition coefficient (Wildman–Crippen LogP) is -0.794. The van der Waals surface area contributed by atoms with E-state index in [-0.39, 0.29) is 5.75 Å². The van der Waals surface area contributed by atoms with Crippen LogP contribution in [0, 0.1) is 11.8 Å². The maximum absolute atomic E-state index is 10.9. The van der Waals surface area contributed by atoms with E-state index < -0.39 is 10.0 Å². The zero-order valence-corrected chi connectivity index (χ0v) is 10.4. The molecule has 5 nitrogen and oxygen atoms in total. The lowest BCUT2D eigenvalue weighted by Crippen LogP contribution is -2.51. The number of likely N-dealkylation sites (tertiary alicyclic amines) is 1. The van der Waals surface area contributed by atoms with Crippen LogP contribution in [0.15, 0.2) is 0 Å². The maximum atomic E-state index is 10.9. The molecule has 2 aliphatic rings. The zero-order chi connectivity index (χ0) is 11.6. The van der Waals surface area contributed by atoms with Gasteiger partial charge in [-0.05, 0) is 44.3 Å². The van der Waals surface area contributed by atoms with E-state index in [1.54, 1.807) is 0 Å². The Balaban J connectivity index is 1.77. The van der Waals surface area contributed by atoms with Crippen molar-refractivity contribution in [3.63, 3.8) is 0 Å². The van der Waals surface area contributed by atoms with Crippen LogP contribution in [0.25, 0.3) is 0 Å². The van der Waals surface area contributed by atoms with Gasteiger partial charge in [0.2, 0.25) is 10.0 Å². The van der Waals surface area contributed by atoms with Gasteiger partial charge in [-0.1, -0.05) is 0 Å². The molecule has 2 rings (SSSR count). The van der Waals surface area contributed by atoms with Crippen molar-refractivity contribution in [3.8, 4) is 0 Å². The fourth-order valence-corrected chi connectivity index (χ4v) is 3.09. The van der Waals surface area contributed by atoms with Crippen LogP contribution in [0.4, 0.5) is 0 Å². The van der Waals surface area contributed by atoms with Crippen LogP contribution in [0.5, 0.6) is 0 Å². The molecule has 2 heterocycles. The number of rotatable bonds is 4. The van der Waals surface area contributed by atoms with Gasteiger partial charge in [0, 0.05) is 13.1 Å². The van der Waals surface area contributed by atoms with Crippen molar-refractivity contribution in [2.75, 3.05) is 38.5 Å². The van der Waals surface area contributed by atoms with E-state index >= 15 is 0 Å². The van der Waals surface area contributed by atoms with E-state index in [2.05, 4.69) is 10.2 Å². The average molecular weight is 247 g/mol. The SMILES string of the molecule is NS(=O)(=O)CCN1CCC[C@H](C2CNC2)C1. The van der Waals surface area contributed by atoms with Crippen LogP contribution in [0.1, 0.15) is 12.8 Å². The molecule has 16 heavy (non-hydrogen) atoms. The van der Waals surface area contributed by atoms with Gasteiger partial charge >= 0.3 is 0 Å². The van der Waals surface area contributed by atoms with E-state index in [1.807, 2.05) is 0 Å². The lowest BCUT2D eigenvalue weighted by atomic mass is 9.82. The molecule has 0 radical (unpaired) electrons. The lowest BCUT2D eigenvalue weighted by Gasteiger charge is -2.41. The first-order valence-electron chi connectivity index (χ1n) is 5.98. The van der Waals surface area contributed by atoms with Gasteiger partial charge in [0.25, 0.3) is 0 Å². The third-order valence-corrected chi connectivity index (χ3v) is 4.47. The van der Waals surface area contributed by atoms with Crippen molar-refractivity contribution in [2.45, 2.75) is 12.8 Å². The third kappa shape index (κ3) is 3.41. The minimum absolute atomic E-state index is 0.0859. The molecule has 2 fully saturated rings. The van der Waals surface area contributed by atoms with Gasteiger partial charge in [0.15, 0.2) is 0 Å². The highest BCUT2D eigenvalue weighted by atomic mass is 32.2. The Morgan fingerprint density at radius 3 is 2.62 bits per heavy atom. The van der Waals surface area contributed by atoms with E-state index in [0.29, 0.717) is 6.54 Å². The largest absolute Gasteiger partial charge is 0.316 e. The monoisotopic (exact) mass is 247 g/mol. The number of sulfonamides is 1. The van der Waals surface area contributed by atoms with Crippen molar-refractivity contribution in [3.05, 3.63) is 0 Å². The fraction of sp³-hybridized carbons (Fsp3) is 1.00. The predicted molar refractivity (Wildman–Crippen MR) is 63.5 cm³/mol. The summed E-state index contributed by atoms with van der Waals surface area (Å²) in [5, 5.41) is 8.32. The van der Waals surface area contributed by atoms with Gasteiger partial charge < -0.3 is 10.2 Å². The molecule has 0 aliphatic carbocycles. The van der Waals surface area contributed by atoms with Gasteiger partial charge in [-0.2, -0.15) is 0 Å². The highest BCUT2D eigenvalue weighted by Crippen LogP contribution is 2.26. The van der Waals surface area contributed by atoms with Crippen LogP contribution in [0.2, 0.25) is 0 Å². The summed E-state index contributed by atoms with van der Waals surface area (Å²) in [7, 11) is -3.31. The Labute approximate surface area is 97.4 Å². The fourth-order valence-electron chi connectivity index (χ4n) is 2.58. The maximum Gasteiger partial charge on any atom is 0.210 e. The third-order valence-electron chi connectivity index (χ3n) is 3.71. The highest BCUT2D eigenvalue weighted by molar-refractivity contribution is 7.89. The van der Waals surface area contributed by atoms with Gasteiger partial charge in [-0.3, -0.25) is 0 Å². The van der Waals surface area contributed by atoms with Gasteiger partial charge in [0.1, 0.15) is 0 Å². The standard InChI is InChI=1S/C10H21N3O2S/c11-16(14,15)5-4-13-3-1-2-9(8-13)10-6-12-7-10/h9-10,12H,1-8H2,(H2,11,14,15)/t9-/m0/s1. The first-order valence-corrected chi connectivity index (χ1v) is 7.70. The molecule has 6 heteroatoms. The molecule has 0 bridgehead atoms. The summed E-state index contributed by atoms with van der Waals surface area (Å²) in [6.45, 7) is 4.92. The van der Waals surface area contributed by atoms with Gasteiger partial charge in [0.05, 0.1) is 5.75 Å². The van der Waals surface area contributed by atoms with Crippen molar-refractivity contribution in [1.29, 1.82) is 0 Å². The van der Waals surface area contributed by atoms with E-state index in [4.69, 9.17) is 5.14 Å². The summed E-state index contributed by atoms with van der Waals surface area (Å²) < 4.78 is 21.8. The molecular formula is C10H21N3O2S. The summed E-state index contributed by atoms with van der Waals surface area (Å²) in [4.78, 5) is 2.25. The van der Waals surface area contributed by atoms with E-state index in [9.17, 15) is 8.42 Å². The van der Waals surface area contributed by atoms with Crippen LogP contribution in [-0.2, 0) is 10.0 Å². The lowest BCUT2D eigenvalue weighted by molar-refractivity contribution is 0.113. The molecule has 0 unspecified atom stereocenters. The molecule has 0 saturated carbocycles. The van der Waals surface area contributed by atoms with Crippen LogP contribution in [0.3, 0.4) is 0 Å². The first kappa shape index (κ1) is 12.3. The molecule has 3 N–H and O–H groups in total. The van der Waals surface area contributed by atoms with E-state index in [1.165, 1.54) is 12.8 Å². The van der Waals surface area contributed by atoms with Crippen molar-refractivity contribution < 1.29 is 8.42 Å². The molecule has 1 atom stereocenters. The van der Waals surface area contributed by atoms with Crippen LogP contribution in [-0.4, -0.2) is 51.8 Å². The molecule has 94 valence electrons. The Kier molecular flexibility index (Phi) is 3.84. The number of hydrogen-bond acceptors (Lipinski definition) is 4. The van der Waals surface area contributed by atoms with Gasteiger partial charge in [-0.25, -0.2) is 13.6 Å². The molecular weight excluding hydrogens is 226 g/mol. The number of nitrogens with two attached hydrogens (primary N) is 1. The Morgan fingerprint density at radius 2 is 2.06 bits per heavy atom. The van der Waals surface area contributed by atoms with Crippen LogP contribution >= 0.6 is 0 Å². The average Bonchev–Trinajstić information content (AvgIpc) is 2.12. The van der Waals surface area contributed by atoms with Crippen molar-refractivity contribution in [1.82, 2.24) is 10.2 Å². The molecule has 0 aromatic carbocycles. The quantitative estimate of drug-likeness (QED) is 0.682. The normalized spacial score (nSPS) is 28.9. The Bertz CT molecular complexity index is 327. The minimum atomic E-state index is -3.31.